The molecule has 0 aliphatic carbocycles. The molecule has 0 unspecified atom stereocenters. The Morgan fingerprint density at radius 3 is 2.88 bits per heavy atom. The second-order valence-corrected chi connectivity index (χ2v) is 7.06. The number of likely N-dealkylation sites (tertiary alicyclic amines) is 1. The van der Waals surface area contributed by atoms with Crippen LogP contribution in [-0.4, -0.2) is 36.0 Å². The number of rotatable bonds is 5. The smallest absolute Gasteiger partial charge is 0.222 e. The average Bonchev–Trinajstić information content (AvgIpc) is 2.67. The number of nitrogens with zero attached hydrogens (tertiary/aromatic N) is 2. The Morgan fingerprint density at radius 2 is 2.12 bits per heavy atom. The van der Waals surface area contributed by atoms with Gasteiger partial charge in [0.2, 0.25) is 5.91 Å². The molecule has 26 heavy (non-hydrogen) atoms. The molecule has 1 aliphatic rings. The third-order valence-electron chi connectivity index (χ3n) is 5.11. The van der Waals surface area contributed by atoms with Crippen molar-refractivity contribution in [1.29, 1.82) is 0 Å². The number of hydrogen-bond acceptors (Lipinski definition) is 3. The molecule has 0 N–H and O–H groups in total. The van der Waals surface area contributed by atoms with Crippen LogP contribution in [0.4, 0.5) is 0 Å². The van der Waals surface area contributed by atoms with Gasteiger partial charge < -0.3 is 9.64 Å². The van der Waals surface area contributed by atoms with Gasteiger partial charge in [-0.25, -0.2) is 0 Å². The van der Waals surface area contributed by atoms with E-state index in [0.717, 1.165) is 49.5 Å². The normalized spacial score (nSPS) is 17.2. The minimum Gasteiger partial charge on any atom is -0.496 e. The van der Waals surface area contributed by atoms with Crippen molar-refractivity contribution >= 4 is 5.91 Å². The monoisotopic (exact) mass is 352 g/mol. The van der Waals surface area contributed by atoms with Crippen molar-refractivity contribution in [2.24, 2.45) is 0 Å². The lowest BCUT2D eigenvalue weighted by Gasteiger charge is -2.32. The van der Waals surface area contributed by atoms with Gasteiger partial charge in [0, 0.05) is 43.2 Å². The van der Waals surface area contributed by atoms with E-state index in [4.69, 9.17) is 9.72 Å². The molecule has 0 radical (unpaired) electrons. The summed E-state index contributed by atoms with van der Waals surface area (Å²) in [6.07, 6.45) is 3.55. The molecule has 4 nitrogen and oxygen atoms in total. The van der Waals surface area contributed by atoms with Crippen molar-refractivity contribution in [2.45, 2.75) is 45.4 Å². The standard InChI is InChI=1S/C22H28N2O2/c1-4-22(25)24-11-7-9-19(15-24)20-14-17(12-16(2)23-20)13-18-8-5-6-10-21(18)26-3/h5-6,8,10,12,14,19H,4,7,9,11,13,15H2,1-3H3/t19-/m1/s1. The maximum atomic E-state index is 12.1. The largest absolute Gasteiger partial charge is 0.496 e. The Balaban J connectivity index is 1.82. The van der Waals surface area contributed by atoms with Gasteiger partial charge in [0.05, 0.1) is 7.11 Å². The minimum absolute atomic E-state index is 0.247. The van der Waals surface area contributed by atoms with Gasteiger partial charge in [0.15, 0.2) is 0 Å². The third-order valence-corrected chi connectivity index (χ3v) is 5.11. The van der Waals surface area contributed by atoms with Gasteiger partial charge in [-0.15, -0.1) is 0 Å². The fraction of sp³-hybridized carbons (Fsp3) is 0.455. The van der Waals surface area contributed by atoms with E-state index in [1.165, 1.54) is 11.1 Å². The molecule has 0 spiro atoms. The van der Waals surface area contributed by atoms with Crippen LogP contribution in [0.3, 0.4) is 0 Å². The molecule has 138 valence electrons. The Kier molecular flexibility index (Phi) is 5.92. The van der Waals surface area contributed by atoms with Crippen LogP contribution in [0, 0.1) is 6.92 Å². The van der Waals surface area contributed by atoms with Crippen LogP contribution in [0.1, 0.15) is 54.6 Å². The van der Waals surface area contributed by atoms with Crippen molar-refractivity contribution in [1.82, 2.24) is 9.88 Å². The van der Waals surface area contributed by atoms with Crippen LogP contribution < -0.4 is 4.74 Å². The second-order valence-electron chi connectivity index (χ2n) is 7.06. The lowest BCUT2D eigenvalue weighted by Crippen LogP contribution is -2.38. The maximum absolute atomic E-state index is 12.1. The van der Waals surface area contributed by atoms with Gasteiger partial charge in [-0.2, -0.15) is 0 Å². The Bertz CT molecular complexity index is 772. The highest BCUT2D eigenvalue weighted by Gasteiger charge is 2.25. The number of aromatic nitrogens is 1. The highest BCUT2D eigenvalue weighted by molar-refractivity contribution is 5.76. The first-order valence-electron chi connectivity index (χ1n) is 9.47. The molecule has 1 amide bonds. The van der Waals surface area contributed by atoms with Crippen molar-refractivity contribution in [2.75, 3.05) is 20.2 Å². The fourth-order valence-corrected chi connectivity index (χ4v) is 3.82. The third kappa shape index (κ3) is 4.24. The van der Waals surface area contributed by atoms with E-state index in [0.29, 0.717) is 12.3 Å². The summed E-state index contributed by atoms with van der Waals surface area (Å²) >= 11 is 0. The summed E-state index contributed by atoms with van der Waals surface area (Å²) in [6.45, 7) is 5.65. The SMILES string of the molecule is CCC(=O)N1CCC[C@@H](c2cc(Cc3ccccc3OC)cc(C)n2)C1. The van der Waals surface area contributed by atoms with Crippen LogP contribution >= 0.6 is 0 Å². The molecule has 1 aromatic carbocycles. The lowest BCUT2D eigenvalue weighted by molar-refractivity contribution is -0.132. The first-order chi connectivity index (χ1) is 12.6. The van der Waals surface area contributed by atoms with E-state index in [1.807, 2.05) is 36.9 Å². The number of methoxy groups -OCH3 is 1. The highest BCUT2D eigenvalue weighted by atomic mass is 16.5. The number of aryl methyl sites for hydroxylation is 1. The Labute approximate surface area is 156 Å². The topological polar surface area (TPSA) is 42.4 Å². The Hall–Kier alpha value is -2.36. The zero-order valence-electron chi connectivity index (χ0n) is 16.0. The quantitative estimate of drug-likeness (QED) is 0.813. The molecule has 3 rings (SSSR count). The second kappa shape index (κ2) is 8.35. The van der Waals surface area contributed by atoms with E-state index in [1.54, 1.807) is 7.11 Å². The van der Waals surface area contributed by atoms with Gasteiger partial charge in [-0.3, -0.25) is 9.78 Å². The first kappa shape index (κ1) is 18.4. The highest BCUT2D eigenvalue weighted by Crippen LogP contribution is 2.28. The van der Waals surface area contributed by atoms with E-state index < -0.39 is 0 Å². The number of carbonyl (C=O) groups excluding carboxylic acids is 1. The summed E-state index contributed by atoms with van der Waals surface area (Å²) in [6, 6.07) is 12.5. The van der Waals surface area contributed by atoms with Crippen molar-refractivity contribution in [3.05, 3.63) is 58.9 Å². The van der Waals surface area contributed by atoms with Crippen molar-refractivity contribution in [3.8, 4) is 5.75 Å². The summed E-state index contributed by atoms with van der Waals surface area (Å²) in [7, 11) is 1.71. The summed E-state index contributed by atoms with van der Waals surface area (Å²) in [5.74, 6) is 1.49. The molecule has 2 aromatic rings. The van der Waals surface area contributed by atoms with E-state index in [9.17, 15) is 4.79 Å². The molecular formula is C22H28N2O2. The number of carbonyl (C=O) groups is 1. The summed E-state index contributed by atoms with van der Waals surface area (Å²) < 4.78 is 5.49. The summed E-state index contributed by atoms with van der Waals surface area (Å²) in [5, 5.41) is 0. The van der Waals surface area contributed by atoms with Gasteiger partial charge in [-0.05, 0) is 49.1 Å². The van der Waals surface area contributed by atoms with Gasteiger partial charge in [-0.1, -0.05) is 25.1 Å². The molecule has 1 saturated heterocycles. The van der Waals surface area contributed by atoms with Crippen molar-refractivity contribution < 1.29 is 9.53 Å². The first-order valence-corrected chi connectivity index (χ1v) is 9.47. The number of hydrogen-bond donors (Lipinski definition) is 0. The average molecular weight is 352 g/mol. The van der Waals surface area contributed by atoms with Crippen LogP contribution in [0.15, 0.2) is 36.4 Å². The number of piperidine rings is 1. The van der Waals surface area contributed by atoms with Gasteiger partial charge in [0.1, 0.15) is 5.75 Å². The van der Waals surface area contributed by atoms with E-state index >= 15 is 0 Å². The molecule has 1 aromatic heterocycles. The molecule has 1 fully saturated rings. The van der Waals surface area contributed by atoms with Crippen molar-refractivity contribution in [3.63, 3.8) is 0 Å². The zero-order valence-corrected chi connectivity index (χ0v) is 16.0. The predicted octanol–water partition coefficient (Wildman–Crippen LogP) is 4.11. The predicted molar refractivity (Wildman–Crippen MR) is 104 cm³/mol. The van der Waals surface area contributed by atoms with Gasteiger partial charge >= 0.3 is 0 Å². The summed E-state index contributed by atoms with van der Waals surface area (Å²) in [4.78, 5) is 18.9. The molecule has 0 bridgehead atoms. The van der Waals surface area contributed by atoms with E-state index in [-0.39, 0.29) is 5.91 Å². The van der Waals surface area contributed by atoms with Gasteiger partial charge in [0.25, 0.3) is 0 Å². The number of pyridine rings is 1. The molecule has 1 atom stereocenters. The van der Waals surface area contributed by atoms with Crippen LogP contribution in [0.2, 0.25) is 0 Å². The van der Waals surface area contributed by atoms with Crippen LogP contribution in [-0.2, 0) is 11.2 Å². The lowest BCUT2D eigenvalue weighted by atomic mass is 9.92. The summed E-state index contributed by atoms with van der Waals surface area (Å²) in [5.41, 5.74) is 4.57. The minimum atomic E-state index is 0.247. The number of ether oxygens (including phenoxy) is 1. The Morgan fingerprint density at radius 1 is 1.31 bits per heavy atom. The molecule has 1 aliphatic heterocycles. The molecule has 2 heterocycles. The maximum Gasteiger partial charge on any atom is 0.222 e. The number of para-hydroxylation sites is 1. The molecule has 0 saturated carbocycles. The molecular weight excluding hydrogens is 324 g/mol. The zero-order chi connectivity index (χ0) is 18.5. The number of benzene rings is 1. The van der Waals surface area contributed by atoms with Crippen LogP contribution in [0.25, 0.3) is 0 Å². The molecule has 4 heteroatoms. The van der Waals surface area contributed by atoms with E-state index in [2.05, 4.69) is 18.2 Å². The fourth-order valence-electron chi connectivity index (χ4n) is 3.82. The van der Waals surface area contributed by atoms with Crippen LogP contribution in [0.5, 0.6) is 5.75 Å². The number of amides is 1.